The van der Waals surface area contributed by atoms with Gasteiger partial charge in [0.15, 0.2) is 0 Å². The van der Waals surface area contributed by atoms with Gasteiger partial charge in [0, 0.05) is 26.1 Å². The Morgan fingerprint density at radius 2 is 2.06 bits per heavy atom. The predicted molar refractivity (Wildman–Crippen MR) is 68.8 cm³/mol. The van der Waals surface area contributed by atoms with Gasteiger partial charge in [-0.3, -0.25) is 4.79 Å². The highest BCUT2D eigenvalue weighted by molar-refractivity contribution is 6.67. The van der Waals surface area contributed by atoms with E-state index in [-0.39, 0.29) is 24.6 Å². The van der Waals surface area contributed by atoms with Gasteiger partial charge in [-0.05, 0) is 0 Å². The van der Waals surface area contributed by atoms with Gasteiger partial charge in [0.2, 0.25) is 9.70 Å². The number of likely N-dealkylation sites (tertiary alicyclic amines) is 1. The highest BCUT2D eigenvalue weighted by Gasteiger charge is 2.33. The van der Waals surface area contributed by atoms with Crippen LogP contribution in [-0.2, 0) is 9.53 Å². The number of alkyl carbamates (subject to hydrolysis) is 1. The topological polar surface area (TPSA) is 84.7 Å². The van der Waals surface area contributed by atoms with Crippen molar-refractivity contribution in [2.24, 2.45) is 5.73 Å². The molecule has 0 unspecified atom stereocenters. The summed E-state index contributed by atoms with van der Waals surface area (Å²) < 4.78 is 3.06. The molecule has 1 aliphatic heterocycles. The number of carbonyl (C=O) groups is 2. The van der Waals surface area contributed by atoms with Crippen molar-refractivity contribution in [2.45, 2.75) is 22.8 Å². The van der Waals surface area contributed by atoms with Crippen LogP contribution in [0, 0.1) is 0 Å². The Bertz CT molecular complexity index is 335. The minimum Gasteiger partial charge on any atom is -0.445 e. The van der Waals surface area contributed by atoms with Crippen LogP contribution in [0.5, 0.6) is 0 Å². The quantitative estimate of drug-likeness (QED) is 0.732. The van der Waals surface area contributed by atoms with Gasteiger partial charge in [-0.15, -0.1) is 0 Å². The monoisotopic (exact) mass is 317 g/mol. The number of nitrogens with two attached hydrogens (primary N) is 1. The minimum absolute atomic E-state index is 0.0931. The van der Waals surface area contributed by atoms with Gasteiger partial charge >= 0.3 is 6.09 Å². The normalized spacial score (nSPS) is 23.9. The van der Waals surface area contributed by atoms with E-state index in [1.54, 1.807) is 4.90 Å². The average Bonchev–Trinajstić information content (AvgIpc) is 2.57. The molecule has 18 heavy (non-hydrogen) atoms. The van der Waals surface area contributed by atoms with Crippen molar-refractivity contribution >= 4 is 46.8 Å². The lowest BCUT2D eigenvalue weighted by Gasteiger charge is -2.17. The summed E-state index contributed by atoms with van der Waals surface area (Å²) in [5.74, 6) is -0.0931. The van der Waals surface area contributed by atoms with E-state index < -0.39 is 9.89 Å². The number of carbonyl (C=O) groups excluding carboxylic acids is 2. The van der Waals surface area contributed by atoms with Crippen LogP contribution in [0.15, 0.2) is 0 Å². The van der Waals surface area contributed by atoms with Crippen LogP contribution in [0.2, 0.25) is 0 Å². The van der Waals surface area contributed by atoms with Crippen LogP contribution < -0.4 is 11.1 Å². The summed E-state index contributed by atoms with van der Waals surface area (Å²) in [4.78, 5) is 24.1. The summed E-state index contributed by atoms with van der Waals surface area (Å²) in [7, 11) is 0. The first-order valence-corrected chi connectivity index (χ1v) is 6.33. The molecule has 1 aliphatic rings. The Hall–Kier alpha value is -0.430. The van der Waals surface area contributed by atoms with E-state index in [1.165, 1.54) is 6.92 Å². The van der Waals surface area contributed by atoms with Crippen LogP contribution in [0.25, 0.3) is 0 Å². The number of nitrogens with zero attached hydrogens (tertiary/aromatic N) is 1. The lowest BCUT2D eigenvalue weighted by molar-refractivity contribution is -0.127. The zero-order chi connectivity index (χ0) is 13.9. The summed E-state index contributed by atoms with van der Waals surface area (Å²) in [5, 5.41) is 2.53. The Morgan fingerprint density at radius 1 is 1.44 bits per heavy atom. The minimum atomic E-state index is -1.65. The third kappa shape index (κ3) is 5.06. The summed E-state index contributed by atoms with van der Waals surface area (Å²) >= 11 is 16.3. The maximum atomic E-state index is 11.4. The second-order valence-electron chi connectivity index (χ2n) is 4.03. The molecule has 2 atom stereocenters. The second kappa shape index (κ2) is 6.14. The first kappa shape index (κ1) is 15.6. The van der Waals surface area contributed by atoms with Crippen molar-refractivity contribution in [3.05, 3.63) is 0 Å². The van der Waals surface area contributed by atoms with Crippen LogP contribution >= 0.6 is 34.8 Å². The molecule has 0 aromatic rings. The third-order valence-electron chi connectivity index (χ3n) is 2.48. The lowest BCUT2D eigenvalue weighted by atomic mass is 10.2. The number of ether oxygens (including phenoxy) is 1. The number of hydrogen-bond donors (Lipinski definition) is 2. The van der Waals surface area contributed by atoms with E-state index in [4.69, 9.17) is 45.3 Å². The first-order valence-electron chi connectivity index (χ1n) is 5.20. The molecule has 1 rings (SSSR count). The number of alkyl halides is 3. The van der Waals surface area contributed by atoms with Crippen molar-refractivity contribution in [1.82, 2.24) is 10.2 Å². The van der Waals surface area contributed by atoms with Gasteiger partial charge in [0.05, 0.1) is 6.04 Å². The average molecular weight is 319 g/mol. The molecule has 0 saturated carbocycles. The molecule has 1 fully saturated rings. The van der Waals surface area contributed by atoms with Crippen molar-refractivity contribution in [2.75, 3.05) is 19.7 Å². The number of halogens is 3. The maximum Gasteiger partial charge on any atom is 0.407 e. The smallest absolute Gasteiger partial charge is 0.407 e. The molecule has 9 heteroatoms. The van der Waals surface area contributed by atoms with Gasteiger partial charge in [-0.1, -0.05) is 34.8 Å². The maximum absolute atomic E-state index is 11.4. The third-order valence-corrected chi connectivity index (χ3v) is 2.81. The number of hydrogen-bond acceptors (Lipinski definition) is 4. The number of rotatable bonds is 2. The van der Waals surface area contributed by atoms with Crippen molar-refractivity contribution < 1.29 is 14.3 Å². The highest BCUT2D eigenvalue weighted by atomic mass is 35.6. The van der Waals surface area contributed by atoms with Crippen LogP contribution in [0.4, 0.5) is 4.79 Å². The molecule has 104 valence electrons. The Balaban J connectivity index is 2.39. The second-order valence-corrected chi connectivity index (χ2v) is 6.55. The van der Waals surface area contributed by atoms with E-state index in [0.29, 0.717) is 13.1 Å². The highest BCUT2D eigenvalue weighted by Crippen LogP contribution is 2.25. The molecule has 0 radical (unpaired) electrons. The summed E-state index contributed by atoms with van der Waals surface area (Å²) in [6.45, 7) is 1.82. The summed E-state index contributed by atoms with van der Waals surface area (Å²) in [5.41, 5.74) is 5.80. The van der Waals surface area contributed by atoms with Gasteiger partial charge in [0.1, 0.15) is 6.61 Å². The zero-order valence-corrected chi connectivity index (χ0v) is 11.9. The van der Waals surface area contributed by atoms with Crippen molar-refractivity contribution in [3.8, 4) is 0 Å². The fraction of sp³-hybridized carbons (Fsp3) is 0.778. The lowest BCUT2D eigenvalue weighted by Crippen LogP contribution is -2.47. The van der Waals surface area contributed by atoms with Gasteiger partial charge in [-0.25, -0.2) is 4.79 Å². The van der Waals surface area contributed by atoms with Crippen LogP contribution in [-0.4, -0.2) is 52.5 Å². The molecule has 3 N–H and O–H groups in total. The predicted octanol–water partition coefficient (Wildman–Crippen LogP) is 0.641. The number of nitrogens with one attached hydrogen (secondary N) is 1. The molecule has 0 aromatic carbocycles. The summed E-state index contributed by atoms with van der Waals surface area (Å²) in [6, 6.07) is -0.703. The fourth-order valence-corrected chi connectivity index (χ4v) is 1.74. The Morgan fingerprint density at radius 3 is 2.50 bits per heavy atom. The van der Waals surface area contributed by atoms with Gasteiger partial charge in [-0.2, -0.15) is 0 Å². The van der Waals surface area contributed by atoms with E-state index in [0.717, 1.165) is 0 Å². The molecule has 0 aromatic heterocycles. The molecule has 0 spiro atoms. The fourth-order valence-electron chi connectivity index (χ4n) is 1.58. The zero-order valence-electron chi connectivity index (χ0n) is 9.66. The summed E-state index contributed by atoms with van der Waals surface area (Å²) in [6.07, 6.45) is -0.729. The Kier molecular flexibility index (Phi) is 5.33. The SMILES string of the molecule is CC(=O)N1C[C@@H](N)[C@@H](NC(=O)OCC(Cl)(Cl)Cl)C1. The van der Waals surface area contributed by atoms with Crippen molar-refractivity contribution in [3.63, 3.8) is 0 Å². The Labute approximate surface area is 120 Å². The van der Waals surface area contributed by atoms with E-state index >= 15 is 0 Å². The standard InChI is InChI=1S/C9H14Cl3N3O3/c1-5(16)15-2-6(13)7(3-15)14-8(17)18-4-9(10,11)12/h6-7H,2-4,13H2,1H3,(H,14,17)/t6-,7+/m1/s1. The van der Waals surface area contributed by atoms with Crippen LogP contribution in [0.1, 0.15) is 6.92 Å². The van der Waals surface area contributed by atoms with E-state index in [1.807, 2.05) is 0 Å². The molecule has 1 saturated heterocycles. The van der Waals surface area contributed by atoms with Crippen molar-refractivity contribution in [1.29, 1.82) is 0 Å². The first-order chi connectivity index (χ1) is 8.19. The largest absolute Gasteiger partial charge is 0.445 e. The van der Waals surface area contributed by atoms with E-state index in [2.05, 4.69) is 5.32 Å². The molecule has 0 bridgehead atoms. The van der Waals surface area contributed by atoms with Gasteiger partial charge < -0.3 is 20.7 Å². The van der Waals surface area contributed by atoms with Gasteiger partial charge in [0.25, 0.3) is 0 Å². The number of amides is 2. The molecule has 1 heterocycles. The molecular weight excluding hydrogens is 304 g/mol. The molecule has 2 amide bonds. The molecule has 6 nitrogen and oxygen atoms in total. The molecular formula is C9H14Cl3N3O3. The van der Waals surface area contributed by atoms with Crippen LogP contribution in [0.3, 0.4) is 0 Å². The molecule has 0 aliphatic carbocycles. The van der Waals surface area contributed by atoms with E-state index in [9.17, 15) is 9.59 Å².